The maximum absolute atomic E-state index is 13.6. The lowest BCUT2D eigenvalue weighted by Gasteiger charge is -2.26. The summed E-state index contributed by atoms with van der Waals surface area (Å²) in [5.41, 5.74) is -0.252. The van der Waals surface area contributed by atoms with Crippen molar-refractivity contribution in [1.82, 2.24) is 15.1 Å². The molecule has 4 nitrogen and oxygen atoms in total. The van der Waals surface area contributed by atoms with Crippen LogP contribution in [0.5, 0.6) is 0 Å². The number of halogens is 6. The summed E-state index contributed by atoms with van der Waals surface area (Å²) in [7, 11) is 0. The van der Waals surface area contributed by atoms with Crippen LogP contribution >= 0.6 is 11.3 Å². The highest BCUT2D eigenvalue weighted by Gasteiger charge is 2.40. The van der Waals surface area contributed by atoms with Crippen LogP contribution in [0, 0.1) is 11.3 Å². The minimum Gasteiger partial charge on any atom is -0.311 e. The quantitative estimate of drug-likeness (QED) is 0.545. The molecule has 2 aromatic heterocycles. The summed E-state index contributed by atoms with van der Waals surface area (Å²) in [6.07, 6.45) is -8.84. The first-order valence-corrected chi connectivity index (χ1v) is 9.92. The monoisotopic (exact) mass is 456 g/mol. The number of nitrogens with one attached hydrogen (secondary N) is 1. The van der Waals surface area contributed by atoms with Gasteiger partial charge in [0.05, 0.1) is 0 Å². The largest absolute Gasteiger partial charge is 0.435 e. The van der Waals surface area contributed by atoms with E-state index in [4.69, 9.17) is 0 Å². The number of rotatable bonds is 3. The van der Waals surface area contributed by atoms with Crippen LogP contribution in [0.2, 0.25) is 0 Å². The van der Waals surface area contributed by atoms with Crippen molar-refractivity contribution in [1.29, 1.82) is 5.26 Å². The normalized spacial score (nSPS) is 16.7. The highest BCUT2D eigenvalue weighted by atomic mass is 32.1. The van der Waals surface area contributed by atoms with Gasteiger partial charge in [-0.25, -0.2) is 0 Å². The van der Waals surface area contributed by atoms with E-state index >= 15 is 0 Å². The predicted octanol–water partition coefficient (Wildman–Crippen LogP) is 5.30. The first-order valence-electron chi connectivity index (χ1n) is 9.11. The van der Waals surface area contributed by atoms with Crippen molar-refractivity contribution in [3.8, 4) is 17.2 Å². The summed E-state index contributed by atoms with van der Waals surface area (Å²) in [5.74, 6) is -0.356. The second-order valence-corrected chi connectivity index (χ2v) is 8.21. The van der Waals surface area contributed by atoms with Gasteiger partial charge in [0.15, 0.2) is 5.69 Å². The molecule has 1 atom stereocenters. The Morgan fingerprint density at radius 2 is 1.87 bits per heavy atom. The summed E-state index contributed by atoms with van der Waals surface area (Å²) in [4.78, 5) is 1.40. The number of alkyl halides is 6. The zero-order valence-corrected chi connectivity index (χ0v) is 16.5. The Kier molecular flexibility index (Phi) is 5.31. The van der Waals surface area contributed by atoms with Crippen molar-refractivity contribution in [2.24, 2.45) is 0 Å². The maximum Gasteiger partial charge on any atom is 0.435 e. The molecule has 0 saturated carbocycles. The first-order chi connectivity index (χ1) is 14.6. The van der Waals surface area contributed by atoms with Crippen molar-refractivity contribution >= 4 is 11.3 Å². The Bertz CT molecular complexity index is 1150. The van der Waals surface area contributed by atoms with E-state index in [1.54, 1.807) is 18.2 Å². The SMILES string of the molecule is N#Cc1cc2c(s1)CNC[C@H]2c1ccccc1-c1cn(CC(F)(F)F)nc1C(F)(F)F. The van der Waals surface area contributed by atoms with E-state index in [0.29, 0.717) is 23.5 Å². The van der Waals surface area contributed by atoms with E-state index in [9.17, 15) is 31.6 Å². The van der Waals surface area contributed by atoms with E-state index in [2.05, 4.69) is 16.5 Å². The second-order valence-electron chi connectivity index (χ2n) is 7.07. The number of benzene rings is 1. The number of thiophene rings is 1. The molecule has 3 heterocycles. The van der Waals surface area contributed by atoms with E-state index < -0.39 is 30.2 Å². The van der Waals surface area contributed by atoms with Crippen LogP contribution in [0.1, 0.15) is 32.5 Å². The fourth-order valence-corrected chi connectivity index (χ4v) is 4.78. The topological polar surface area (TPSA) is 53.6 Å². The molecular weight excluding hydrogens is 442 g/mol. The third-order valence-corrected chi connectivity index (χ3v) is 6.01. The molecule has 0 amide bonds. The van der Waals surface area contributed by atoms with Gasteiger partial charge >= 0.3 is 12.4 Å². The lowest BCUT2D eigenvalue weighted by atomic mass is 9.84. The average molecular weight is 456 g/mol. The summed E-state index contributed by atoms with van der Waals surface area (Å²) < 4.78 is 79.5. The summed E-state index contributed by atoms with van der Waals surface area (Å²) >= 11 is 1.31. The number of nitriles is 1. The van der Waals surface area contributed by atoms with Gasteiger partial charge in [0.25, 0.3) is 0 Å². The van der Waals surface area contributed by atoms with Gasteiger partial charge in [-0.3, -0.25) is 4.68 Å². The van der Waals surface area contributed by atoms with Crippen molar-refractivity contribution in [3.63, 3.8) is 0 Å². The Hall–Kier alpha value is -2.84. The molecule has 11 heteroatoms. The second kappa shape index (κ2) is 7.69. The number of hydrogen-bond acceptors (Lipinski definition) is 4. The molecule has 0 saturated heterocycles. The molecule has 1 aliphatic heterocycles. The van der Waals surface area contributed by atoms with Crippen LogP contribution < -0.4 is 5.32 Å². The first kappa shape index (κ1) is 21.4. The van der Waals surface area contributed by atoms with Crippen LogP contribution in [-0.4, -0.2) is 22.5 Å². The Morgan fingerprint density at radius 3 is 2.55 bits per heavy atom. The minimum absolute atomic E-state index is 0.160. The van der Waals surface area contributed by atoms with E-state index in [1.165, 1.54) is 23.5 Å². The lowest BCUT2D eigenvalue weighted by molar-refractivity contribution is -0.148. The maximum atomic E-state index is 13.6. The summed E-state index contributed by atoms with van der Waals surface area (Å²) in [6, 6.07) is 10.1. The molecule has 1 aromatic carbocycles. The molecule has 0 unspecified atom stereocenters. The molecule has 31 heavy (non-hydrogen) atoms. The van der Waals surface area contributed by atoms with Crippen LogP contribution in [0.3, 0.4) is 0 Å². The average Bonchev–Trinajstić information content (AvgIpc) is 3.30. The predicted molar refractivity (Wildman–Crippen MR) is 101 cm³/mol. The van der Waals surface area contributed by atoms with Crippen molar-refractivity contribution in [3.05, 3.63) is 63.1 Å². The van der Waals surface area contributed by atoms with Gasteiger partial charge in [0, 0.05) is 35.6 Å². The smallest absolute Gasteiger partial charge is 0.311 e. The van der Waals surface area contributed by atoms with Gasteiger partial charge < -0.3 is 5.32 Å². The van der Waals surface area contributed by atoms with Crippen LogP contribution in [0.4, 0.5) is 26.3 Å². The Morgan fingerprint density at radius 1 is 1.13 bits per heavy atom. The number of nitrogens with zero attached hydrogens (tertiary/aromatic N) is 3. The fraction of sp³-hybridized carbons (Fsp3) is 0.300. The molecule has 0 fully saturated rings. The molecular formula is C20H14F6N4S. The Balaban J connectivity index is 1.86. The standard InChI is InChI=1S/C20H14F6N4S/c21-19(22,23)10-30-9-16(18(29-30)20(24,25)26)13-4-2-1-3-12(13)15-7-28-8-17-14(15)5-11(6-27)31-17/h1-5,9,15,28H,7-8,10H2/t15-/m0/s1. The molecule has 0 bridgehead atoms. The van der Waals surface area contributed by atoms with Gasteiger partial charge in [0.2, 0.25) is 0 Å². The summed E-state index contributed by atoms with van der Waals surface area (Å²) in [5, 5.41) is 15.6. The highest BCUT2D eigenvalue weighted by Crippen LogP contribution is 2.43. The van der Waals surface area contributed by atoms with Gasteiger partial charge in [-0.2, -0.15) is 36.7 Å². The highest BCUT2D eigenvalue weighted by molar-refractivity contribution is 7.12. The van der Waals surface area contributed by atoms with Crippen molar-refractivity contribution < 1.29 is 26.3 Å². The fourth-order valence-electron chi connectivity index (χ4n) is 3.79. The molecule has 0 aliphatic carbocycles. The van der Waals surface area contributed by atoms with Crippen molar-refractivity contribution in [2.45, 2.75) is 31.4 Å². The van der Waals surface area contributed by atoms with E-state index in [-0.39, 0.29) is 16.2 Å². The molecule has 0 spiro atoms. The van der Waals surface area contributed by atoms with Crippen LogP contribution in [0.25, 0.3) is 11.1 Å². The van der Waals surface area contributed by atoms with Gasteiger partial charge in [-0.1, -0.05) is 24.3 Å². The summed E-state index contributed by atoms with van der Waals surface area (Å²) in [6.45, 7) is -0.662. The third kappa shape index (κ3) is 4.31. The molecule has 4 rings (SSSR count). The number of aromatic nitrogens is 2. The van der Waals surface area contributed by atoms with Gasteiger partial charge in [-0.15, -0.1) is 11.3 Å². The van der Waals surface area contributed by atoms with Crippen LogP contribution in [0.15, 0.2) is 36.5 Å². The molecule has 162 valence electrons. The van der Waals surface area contributed by atoms with Crippen molar-refractivity contribution in [2.75, 3.05) is 6.54 Å². The number of hydrogen-bond donors (Lipinski definition) is 1. The minimum atomic E-state index is -4.92. The van der Waals surface area contributed by atoms with Gasteiger partial charge in [0.1, 0.15) is 17.5 Å². The third-order valence-electron chi connectivity index (χ3n) is 4.96. The van der Waals surface area contributed by atoms with E-state index in [0.717, 1.165) is 16.6 Å². The molecule has 1 aliphatic rings. The lowest BCUT2D eigenvalue weighted by Crippen LogP contribution is -2.27. The molecule has 3 aromatic rings. The van der Waals surface area contributed by atoms with E-state index in [1.807, 2.05) is 0 Å². The zero-order valence-electron chi connectivity index (χ0n) is 15.7. The molecule has 0 radical (unpaired) electrons. The van der Waals surface area contributed by atoms with Gasteiger partial charge in [-0.05, 0) is 22.8 Å². The number of fused-ring (bicyclic) bond motifs is 1. The molecule has 1 N–H and O–H groups in total. The Labute approximate surface area is 176 Å². The zero-order chi connectivity index (χ0) is 22.4. The van der Waals surface area contributed by atoms with Crippen LogP contribution in [-0.2, 0) is 19.3 Å².